The molecule has 212 valence electrons. The van der Waals surface area contributed by atoms with E-state index < -0.39 is 17.4 Å². The predicted molar refractivity (Wildman–Crippen MR) is 160 cm³/mol. The average molecular weight is 555 g/mol. The number of nitrogens with one attached hydrogen (secondary N) is 2. The van der Waals surface area contributed by atoms with Gasteiger partial charge in [0.05, 0.1) is 11.7 Å². The second kappa shape index (κ2) is 14.2. The van der Waals surface area contributed by atoms with Gasteiger partial charge in [0.15, 0.2) is 0 Å². The molecule has 4 aromatic rings. The molecule has 2 amide bonds. The number of nitrogens with zero attached hydrogens (tertiary/aromatic N) is 2. The molecule has 0 saturated carbocycles. The lowest BCUT2D eigenvalue weighted by atomic mass is 10.1. The van der Waals surface area contributed by atoms with Crippen LogP contribution in [0.5, 0.6) is 0 Å². The van der Waals surface area contributed by atoms with E-state index >= 15 is 0 Å². The molecule has 1 aromatic heterocycles. The van der Waals surface area contributed by atoms with Crippen LogP contribution in [0.4, 0.5) is 10.1 Å². The highest BCUT2D eigenvalue weighted by Crippen LogP contribution is 2.21. The van der Waals surface area contributed by atoms with Gasteiger partial charge < -0.3 is 15.5 Å². The van der Waals surface area contributed by atoms with Crippen molar-refractivity contribution in [1.29, 1.82) is 0 Å². The van der Waals surface area contributed by atoms with Gasteiger partial charge in [-0.05, 0) is 79.9 Å². The van der Waals surface area contributed by atoms with Gasteiger partial charge in [-0.1, -0.05) is 60.7 Å². The fraction of sp³-hybridized carbons (Fsp3) is 0.242. The maximum absolute atomic E-state index is 13.8. The molecule has 0 saturated heterocycles. The third-order valence-electron chi connectivity index (χ3n) is 7.07. The summed E-state index contributed by atoms with van der Waals surface area (Å²) < 4.78 is 15.0. The monoisotopic (exact) mass is 554 g/mol. The number of hydrogen-bond donors (Lipinski definition) is 2. The van der Waals surface area contributed by atoms with Crippen LogP contribution in [0.15, 0.2) is 102 Å². The van der Waals surface area contributed by atoms with E-state index in [0.29, 0.717) is 37.2 Å². The molecule has 0 aliphatic heterocycles. The molecule has 7 nitrogen and oxygen atoms in total. The lowest BCUT2D eigenvalue weighted by Crippen LogP contribution is -2.41. The van der Waals surface area contributed by atoms with E-state index in [2.05, 4.69) is 10.6 Å². The minimum atomic E-state index is -0.521. The minimum absolute atomic E-state index is 0.0656. The maximum atomic E-state index is 13.8. The van der Waals surface area contributed by atoms with Gasteiger partial charge in [0, 0.05) is 13.1 Å². The zero-order valence-electron chi connectivity index (χ0n) is 23.3. The minimum Gasteiger partial charge on any atom is -0.340 e. The van der Waals surface area contributed by atoms with E-state index in [9.17, 15) is 18.8 Å². The summed E-state index contributed by atoms with van der Waals surface area (Å²) in [6.45, 7) is 2.40. The summed E-state index contributed by atoms with van der Waals surface area (Å²) >= 11 is 0. The maximum Gasteiger partial charge on any atom is 0.275 e. The van der Waals surface area contributed by atoms with E-state index in [1.54, 1.807) is 37.1 Å². The zero-order valence-corrected chi connectivity index (χ0v) is 23.3. The van der Waals surface area contributed by atoms with Crippen LogP contribution in [0.3, 0.4) is 0 Å². The highest BCUT2D eigenvalue weighted by molar-refractivity contribution is 5.94. The number of halogens is 1. The van der Waals surface area contributed by atoms with Gasteiger partial charge in [0.2, 0.25) is 11.8 Å². The zero-order chi connectivity index (χ0) is 29.2. The van der Waals surface area contributed by atoms with E-state index in [4.69, 9.17) is 0 Å². The van der Waals surface area contributed by atoms with Crippen molar-refractivity contribution < 1.29 is 14.0 Å². The molecular weight excluding hydrogens is 519 g/mol. The standard InChI is InChI=1S/C33H35FN4O3/c1-24(35-2)32(40)36-29-17-18-30(27-13-15-28(34)16-14-27)38(33(29)41)23-31(39)37(21-19-25-9-5-3-6-10-25)22-20-26-11-7-4-8-12-26/h3-18,24,35H,19-23H2,1-2H3,(H,36,40)/t24-/m0/s1. The molecule has 41 heavy (non-hydrogen) atoms. The Morgan fingerprint density at radius 2 is 1.39 bits per heavy atom. The first-order valence-electron chi connectivity index (χ1n) is 13.7. The van der Waals surface area contributed by atoms with Crippen molar-refractivity contribution in [1.82, 2.24) is 14.8 Å². The Labute approximate surface area is 239 Å². The van der Waals surface area contributed by atoms with Crippen molar-refractivity contribution in [3.63, 3.8) is 0 Å². The summed E-state index contributed by atoms with van der Waals surface area (Å²) in [5.74, 6) is -1.00. The van der Waals surface area contributed by atoms with Gasteiger partial charge in [-0.25, -0.2) is 4.39 Å². The van der Waals surface area contributed by atoms with Crippen LogP contribution in [0.25, 0.3) is 11.3 Å². The first-order valence-corrected chi connectivity index (χ1v) is 13.7. The summed E-state index contributed by atoms with van der Waals surface area (Å²) in [7, 11) is 1.65. The molecule has 0 bridgehead atoms. The molecule has 0 radical (unpaired) electrons. The first kappa shape index (κ1) is 29.4. The number of benzene rings is 3. The molecule has 0 aliphatic carbocycles. The number of rotatable bonds is 12. The second-order valence-corrected chi connectivity index (χ2v) is 9.88. The van der Waals surface area contributed by atoms with Crippen LogP contribution in [-0.4, -0.2) is 47.5 Å². The fourth-order valence-corrected chi connectivity index (χ4v) is 4.49. The Morgan fingerprint density at radius 3 is 1.93 bits per heavy atom. The SMILES string of the molecule is CN[C@@H](C)C(=O)Nc1ccc(-c2ccc(F)cc2)n(CC(=O)N(CCc2ccccc2)CCc2ccccc2)c1=O. The van der Waals surface area contributed by atoms with Gasteiger partial charge in [-0.3, -0.25) is 19.0 Å². The number of aromatic nitrogens is 1. The van der Waals surface area contributed by atoms with Gasteiger partial charge in [-0.2, -0.15) is 0 Å². The predicted octanol–water partition coefficient (Wildman–Crippen LogP) is 4.51. The third kappa shape index (κ3) is 7.99. The summed E-state index contributed by atoms with van der Waals surface area (Å²) in [6, 6.07) is 28.3. The molecule has 4 rings (SSSR count). The second-order valence-electron chi connectivity index (χ2n) is 9.88. The quantitative estimate of drug-likeness (QED) is 0.270. The number of anilines is 1. The highest BCUT2D eigenvalue weighted by atomic mass is 19.1. The molecule has 0 spiro atoms. The van der Waals surface area contributed by atoms with Gasteiger partial charge in [-0.15, -0.1) is 0 Å². The molecule has 1 heterocycles. The van der Waals surface area contributed by atoms with Crippen molar-refractivity contribution in [2.75, 3.05) is 25.5 Å². The number of carbonyl (C=O) groups excluding carboxylic acids is 2. The Hall–Kier alpha value is -4.56. The van der Waals surface area contributed by atoms with Gasteiger partial charge >= 0.3 is 0 Å². The van der Waals surface area contributed by atoms with Crippen molar-refractivity contribution in [3.8, 4) is 11.3 Å². The van der Waals surface area contributed by atoms with Crippen LogP contribution in [0.1, 0.15) is 18.1 Å². The van der Waals surface area contributed by atoms with Crippen LogP contribution < -0.4 is 16.2 Å². The molecule has 0 aliphatic rings. The Balaban J connectivity index is 1.65. The number of hydrogen-bond acceptors (Lipinski definition) is 4. The van der Waals surface area contributed by atoms with Crippen LogP contribution in [-0.2, 0) is 29.0 Å². The Morgan fingerprint density at radius 1 is 0.829 bits per heavy atom. The van der Waals surface area contributed by atoms with Crippen molar-refractivity contribution >= 4 is 17.5 Å². The van der Waals surface area contributed by atoms with E-state index in [1.165, 1.54) is 22.8 Å². The van der Waals surface area contributed by atoms with Crippen molar-refractivity contribution in [3.05, 3.63) is 124 Å². The van der Waals surface area contributed by atoms with E-state index in [0.717, 1.165) is 11.1 Å². The molecule has 8 heteroatoms. The van der Waals surface area contributed by atoms with Crippen LogP contribution in [0, 0.1) is 5.82 Å². The van der Waals surface area contributed by atoms with Crippen LogP contribution in [0.2, 0.25) is 0 Å². The Kier molecular flexibility index (Phi) is 10.2. The molecule has 0 fully saturated rings. The lowest BCUT2D eigenvalue weighted by molar-refractivity contribution is -0.131. The van der Waals surface area contributed by atoms with Crippen molar-refractivity contribution in [2.45, 2.75) is 32.4 Å². The number of pyridine rings is 1. The normalized spacial score (nSPS) is 11.6. The van der Waals surface area contributed by atoms with Gasteiger partial charge in [0.25, 0.3) is 5.56 Å². The third-order valence-corrected chi connectivity index (χ3v) is 7.07. The summed E-state index contributed by atoms with van der Waals surface area (Å²) in [6.07, 6.45) is 1.33. The van der Waals surface area contributed by atoms with Gasteiger partial charge in [0.1, 0.15) is 18.0 Å². The fourth-order valence-electron chi connectivity index (χ4n) is 4.49. The highest BCUT2D eigenvalue weighted by Gasteiger charge is 2.20. The first-order chi connectivity index (χ1) is 19.9. The van der Waals surface area contributed by atoms with Crippen LogP contribution >= 0.6 is 0 Å². The summed E-state index contributed by atoms with van der Waals surface area (Å²) in [5.41, 5.74) is 2.81. The number of carbonyl (C=O) groups is 2. The largest absolute Gasteiger partial charge is 0.340 e. The van der Waals surface area contributed by atoms with Crippen molar-refractivity contribution in [2.24, 2.45) is 0 Å². The summed E-state index contributed by atoms with van der Waals surface area (Å²) in [5, 5.41) is 5.51. The number of likely N-dealkylation sites (N-methyl/N-ethyl adjacent to an activating group) is 1. The summed E-state index contributed by atoms with van der Waals surface area (Å²) in [4.78, 5) is 41.8. The van der Waals surface area contributed by atoms with E-state index in [1.807, 2.05) is 60.7 Å². The Bertz CT molecular complexity index is 1460. The van der Waals surface area contributed by atoms with E-state index in [-0.39, 0.29) is 24.0 Å². The molecule has 2 N–H and O–H groups in total. The molecule has 0 unspecified atom stereocenters. The lowest BCUT2D eigenvalue weighted by Gasteiger charge is -2.25. The molecule has 1 atom stereocenters. The molecular formula is C33H35FN4O3. The average Bonchev–Trinajstić information content (AvgIpc) is 3.00. The number of amides is 2. The molecule has 3 aromatic carbocycles. The topological polar surface area (TPSA) is 83.4 Å². The smallest absolute Gasteiger partial charge is 0.275 e.